The Kier molecular flexibility index (Phi) is 5.15. The SMILES string of the molecule is O=C(NC[C@H]1CCn2ncc(C(=O)N3CCOCC3)c2C1)c1ccccn1. The van der Waals surface area contributed by atoms with Crippen LogP contribution in [0.4, 0.5) is 0 Å². The molecule has 8 heteroatoms. The van der Waals surface area contributed by atoms with E-state index in [1.54, 1.807) is 30.6 Å². The van der Waals surface area contributed by atoms with Gasteiger partial charge >= 0.3 is 0 Å². The number of ether oxygens (including phenoxy) is 1. The van der Waals surface area contributed by atoms with E-state index in [4.69, 9.17) is 4.74 Å². The monoisotopic (exact) mass is 369 g/mol. The summed E-state index contributed by atoms with van der Waals surface area (Å²) in [5, 5.41) is 7.35. The second kappa shape index (κ2) is 7.87. The summed E-state index contributed by atoms with van der Waals surface area (Å²) in [7, 11) is 0. The van der Waals surface area contributed by atoms with E-state index in [2.05, 4.69) is 15.4 Å². The van der Waals surface area contributed by atoms with E-state index in [0.717, 1.165) is 25.1 Å². The van der Waals surface area contributed by atoms with Gasteiger partial charge in [-0.25, -0.2) is 0 Å². The lowest BCUT2D eigenvalue weighted by atomic mass is 9.94. The summed E-state index contributed by atoms with van der Waals surface area (Å²) in [6.07, 6.45) is 4.94. The smallest absolute Gasteiger partial charge is 0.269 e. The van der Waals surface area contributed by atoms with E-state index in [0.29, 0.717) is 44.1 Å². The quantitative estimate of drug-likeness (QED) is 0.859. The van der Waals surface area contributed by atoms with Crippen molar-refractivity contribution < 1.29 is 14.3 Å². The topological polar surface area (TPSA) is 89.4 Å². The molecule has 1 atom stereocenters. The lowest BCUT2D eigenvalue weighted by Gasteiger charge is -2.28. The number of fused-ring (bicyclic) bond motifs is 1. The van der Waals surface area contributed by atoms with Gasteiger partial charge in [-0.3, -0.25) is 19.3 Å². The zero-order valence-electron chi connectivity index (χ0n) is 15.1. The summed E-state index contributed by atoms with van der Waals surface area (Å²) < 4.78 is 7.25. The number of morpholine rings is 1. The number of hydrogen-bond donors (Lipinski definition) is 1. The Morgan fingerprint density at radius 2 is 2.07 bits per heavy atom. The van der Waals surface area contributed by atoms with Gasteiger partial charge in [0.2, 0.25) is 0 Å². The van der Waals surface area contributed by atoms with Crippen LogP contribution < -0.4 is 5.32 Å². The summed E-state index contributed by atoms with van der Waals surface area (Å²) in [5.74, 6) is 0.134. The number of aryl methyl sites for hydroxylation is 1. The van der Waals surface area contributed by atoms with E-state index >= 15 is 0 Å². The molecule has 2 aromatic rings. The van der Waals surface area contributed by atoms with Gasteiger partial charge in [-0.1, -0.05) is 6.07 Å². The summed E-state index contributed by atoms with van der Waals surface area (Å²) in [4.78, 5) is 30.9. The second-order valence-electron chi connectivity index (χ2n) is 6.92. The summed E-state index contributed by atoms with van der Waals surface area (Å²) in [6.45, 7) is 3.72. The summed E-state index contributed by atoms with van der Waals surface area (Å²) in [5.41, 5.74) is 2.06. The number of nitrogens with zero attached hydrogens (tertiary/aromatic N) is 4. The molecule has 0 unspecified atom stereocenters. The average molecular weight is 369 g/mol. The van der Waals surface area contributed by atoms with E-state index in [9.17, 15) is 9.59 Å². The molecular weight excluding hydrogens is 346 g/mol. The lowest BCUT2D eigenvalue weighted by molar-refractivity contribution is 0.0301. The highest BCUT2D eigenvalue weighted by Crippen LogP contribution is 2.24. The number of carbonyl (C=O) groups is 2. The minimum absolute atomic E-state index is 0.0257. The number of pyridine rings is 1. The molecule has 0 aromatic carbocycles. The molecule has 0 saturated carbocycles. The Bertz CT molecular complexity index is 814. The van der Waals surface area contributed by atoms with Crippen LogP contribution in [0.2, 0.25) is 0 Å². The van der Waals surface area contributed by atoms with Crippen LogP contribution in [0.1, 0.15) is 33.0 Å². The molecule has 4 rings (SSSR count). The molecule has 1 saturated heterocycles. The molecule has 2 aliphatic heterocycles. The fourth-order valence-corrected chi connectivity index (χ4v) is 3.61. The molecule has 4 heterocycles. The van der Waals surface area contributed by atoms with Crippen molar-refractivity contribution in [1.82, 2.24) is 25.0 Å². The first-order chi connectivity index (χ1) is 13.2. The number of carbonyl (C=O) groups excluding carboxylic acids is 2. The zero-order chi connectivity index (χ0) is 18.6. The van der Waals surface area contributed by atoms with Crippen LogP contribution in [-0.4, -0.2) is 64.3 Å². The number of nitrogens with one attached hydrogen (secondary N) is 1. The Balaban J connectivity index is 1.40. The lowest BCUT2D eigenvalue weighted by Crippen LogP contribution is -2.41. The van der Waals surface area contributed by atoms with Gasteiger partial charge in [0.15, 0.2) is 0 Å². The second-order valence-corrected chi connectivity index (χ2v) is 6.92. The van der Waals surface area contributed by atoms with Crippen LogP contribution in [0, 0.1) is 5.92 Å². The number of amides is 2. The molecule has 0 radical (unpaired) electrons. The average Bonchev–Trinajstić information content (AvgIpc) is 3.16. The predicted molar refractivity (Wildman–Crippen MR) is 97.3 cm³/mol. The zero-order valence-corrected chi connectivity index (χ0v) is 15.1. The van der Waals surface area contributed by atoms with E-state index in [1.807, 2.05) is 9.58 Å². The third-order valence-electron chi connectivity index (χ3n) is 5.16. The van der Waals surface area contributed by atoms with Crippen LogP contribution >= 0.6 is 0 Å². The molecule has 27 heavy (non-hydrogen) atoms. The molecule has 2 aromatic heterocycles. The van der Waals surface area contributed by atoms with Gasteiger partial charge in [-0.15, -0.1) is 0 Å². The highest BCUT2D eigenvalue weighted by molar-refractivity contribution is 5.95. The predicted octanol–water partition coefficient (Wildman–Crippen LogP) is 0.743. The number of aromatic nitrogens is 3. The summed E-state index contributed by atoms with van der Waals surface area (Å²) in [6, 6.07) is 5.28. The maximum Gasteiger partial charge on any atom is 0.269 e. The van der Waals surface area contributed by atoms with E-state index in [1.165, 1.54) is 0 Å². The van der Waals surface area contributed by atoms with Gasteiger partial charge in [0.05, 0.1) is 30.7 Å². The van der Waals surface area contributed by atoms with Crippen molar-refractivity contribution in [3.8, 4) is 0 Å². The Morgan fingerprint density at radius 1 is 1.22 bits per heavy atom. The van der Waals surface area contributed by atoms with Gasteiger partial charge in [-0.2, -0.15) is 5.10 Å². The largest absolute Gasteiger partial charge is 0.378 e. The Labute approximate surface area is 157 Å². The van der Waals surface area contributed by atoms with Gasteiger partial charge in [0.1, 0.15) is 5.69 Å². The third kappa shape index (κ3) is 3.85. The number of hydrogen-bond acceptors (Lipinski definition) is 5. The first-order valence-electron chi connectivity index (χ1n) is 9.33. The molecule has 1 N–H and O–H groups in total. The fraction of sp³-hybridized carbons (Fsp3) is 0.474. The molecule has 0 aliphatic carbocycles. The Morgan fingerprint density at radius 3 is 2.85 bits per heavy atom. The van der Waals surface area contributed by atoms with Crippen molar-refractivity contribution in [2.24, 2.45) is 5.92 Å². The van der Waals surface area contributed by atoms with Crippen molar-refractivity contribution in [3.05, 3.63) is 47.5 Å². The molecule has 0 spiro atoms. The highest BCUT2D eigenvalue weighted by Gasteiger charge is 2.28. The summed E-state index contributed by atoms with van der Waals surface area (Å²) >= 11 is 0. The van der Waals surface area contributed by atoms with Gasteiger partial charge in [0, 0.05) is 32.4 Å². The van der Waals surface area contributed by atoms with E-state index in [-0.39, 0.29) is 17.7 Å². The minimum Gasteiger partial charge on any atom is -0.378 e. The Hall–Kier alpha value is -2.74. The van der Waals surface area contributed by atoms with Crippen molar-refractivity contribution in [2.75, 3.05) is 32.8 Å². The van der Waals surface area contributed by atoms with Gasteiger partial charge in [-0.05, 0) is 30.9 Å². The maximum atomic E-state index is 12.8. The van der Waals surface area contributed by atoms with Crippen molar-refractivity contribution in [1.29, 1.82) is 0 Å². The molecular formula is C19H23N5O3. The molecule has 142 valence electrons. The van der Waals surface area contributed by atoms with Gasteiger partial charge < -0.3 is 15.0 Å². The number of rotatable bonds is 4. The first-order valence-corrected chi connectivity index (χ1v) is 9.33. The molecule has 2 amide bonds. The van der Waals surface area contributed by atoms with Crippen molar-refractivity contribution >= 4 is 11.8 Å². The normalized spacial score (nSPS) is 19.4. The standard InChI is InChI=1S/C19H23N5O3/c25-18(16-3-1-2-5-20-16)21-12-14-4-6-24-17(11-14)15(13-22-24)19(26)23-7-9-27-10-8-23/h1-3,5,13-14H,4,6-12H2,(H,21,25)/t14-/m0/s1. The minimum atomic E-state index is -0.167. The van der Waals surface area contributed by atoms with Crippen LogP contribution in [0.3, 0.4) is 0 Å². The third-order valence-corrected chi connectivity index (χ3v) is 5.16. The van der Waals surface area contributed by atoms with Crippen LogP contribution in [0.25, 0.3) is 0 Å². The van der Waals surface area contributed by atoms with Crippen molar-refractivity contribution in [2.45, 2.75) is 19.4 Å². The first kappa shape index (κ1) is 17.7. The molecule has 2 aliphatic rings. The molecule has 1 fully saturated rings. The van der Waals surface area contributed by atoms with Crippen LogP contribution in [0.5, 0.6) is 0 Å². The molecule has 0 bridgehead atoms. The van der Waals surface area contributed by atoms with Crippen molar-refractivity contribution in [3.63, 3.8) is 0 Å². The van der Waals surface area contributed by atoms with Crippen LogP contribution in [-0.2, 0) is 17.7 Å². The molecule has 8 nitrogen and oxygen atoms in total. The van der Waals surface area contributed by atoms with Gasteiger partial charge in [0.25, 0.3) is 11.8 Å². The van der Waals surface area contributed by atoms with Crippen LogP contribution in [0.15, 0.2) is 30.6 Å². The highest BCUT2D eigenvalue weighted by atomic mass is 16.5. The maximum absolute atomic E-state index is 12.8. The fourth-order valence-electron chi connectivity index (χ4n) is 3.61. The van der Waals surface area contributed by atoms with E-state index < -0.39 is 0 Å².